The van der Waals surface area contributed by atoms with E-state index in [4.69, 9.17) is 33.7 Å². The van der Waals surface area contributed by atoms with E-state index in [1.807, 2.05) is 0 Å². The van der Waals surface area contributed by atoms with Crippen LogP contribution in [0.4, 0.5) is 0 Å². The van der Waals surface area contributed by atoms with E-state index >= 15 is 0 Å². The predicted octanol–water partition coefficient (Wildman–Crippen LogP) is 2.22. The number of rotatable bonds is 5. The molecular formula is C11H15Cl4N3O2. The Balaban J connectivity index is 0.00000180. The fourth-order valence-electron chi connectivity index (χ4n) is 1.36. The zero-order valence-corrected chi connectivity index (χ0v) is 13.5. The number of nitrogens with zero attached hydrogens (tertiary/aromatic N) is 1. The summed E-state index contributed by atoms with van der Waals surface area (Å²) in [4.78, 5) is 15.4. The summed E-state index contributed by atoms with van der Waals surface area (Å²) in [7, 11) is 0. The molecule has 0 radical (unpaired) electrons. The van der Waals surface area contributed by atoms with E-state index in [1.165, 1.54) is 6.20 Å². The molecular weight excluding hydrogens is 348 g/mol. The second-order valence-corrected chi connectivity index (χ2v) is 5.04. The molecule has 0 atom stereocenters. The van der Waals surface area contributed by atoms with Gasteiger partial charge in [-0.25, -0.2) is 4.98 Å². The molecule has 2 rings (SSSR count). The lowest BCUT2D eigenvalue weighted by Crippen LogP contribution is -2.44. The second kappa shape index (κ2) is 8.10. The third-order valence-electron chi connectivity index (χ3n) is 2.64. The molecule has 1 aromatic rings. The summed E-state index contributed by atoms with van der Waals surface area (Å²) in [6, 6.07) is 1.54. The molecule has 1 fully saturated rings. The molecule has 1 saturated carbocycles. The average Bonchev–Trinajstić information content (AvgIpc) is 3.06. The van der Waals surface area contributed by atoms with Crippen LogP contribution < -0.4 is 15.8 Å². The third-order valence-corrected chi connectivity index (χ3v) is 3.12. The number of pyridine rings is 1. The maximum atomic E-state index is 11.5. The van der Waals surface area contributed by atoms with E-state index in [-0.39, 0.29) is 37.3 Å². The van der Waals surface area contributed by atoms with Gasteiger partial charge in [-0.2, -0.15) is 0 Å². The number of nitrogens with two attached hydrogens (primary N) is 1. The monoisotopic (exact) mass is 361 g/mol. The van der Waals surface area contributed by atoms with Gasteiger partial charge >= 0.3 is 0 Å². The van der Waals surface area contributed by atoms with Crippen LogP contribution in [-0.4, -0.2) is 29.6 Å². The smallest absolute Gasteiger partial charge is 0.240 e. The van der Waals surface area contributed by atoms with Crippen molar-refractivity contribution >= 4 is 53.9 Å². The summed E-state index contributed by atoms with van der Waals surface area (Å²) >= 11 is 11.6. The van der Waals surface area contributed by atoms with E-state index < -0.39 is 5.54 Å². The highest BCUT2D eigenvalue weighted by Gasteiger charge is 2.45. The fourth-order valence-corrected chi connectivity index (χ4v) is 1.79. The molecule has 0 spiro atoms. The Morgan fingerprint density at radius 1 is 1.45 bits per heavy atom. The van der Waals surface area contributed by atoms with Crippen LogP contribution in [0.3, 0.4) is 0 Å². The first-order valence-corrected chi connectivity index (χ1v) is 6.28. The Hall–Kier alpha value is -0.460. The molecule has 1 amide bonds. The molecule has 9 heteroatoms. The van der Waals surface area contributed by atoms with Crippen molar-refractivity contribution < 1.29 is 9.53 Å². The van der Waals surface area contributed by atoms with Crippen LogP contribution in [0.15, 0.2) is 12.3 Å². The van der Waals surface area contributed by atoms with Crippen molar-refractivity contribution in [2.75, 3.05) is 13.2 Å². The SMILES string of the molecule is Cl.Cl.NC1(C(=O)NCCOc2ncc(Cl)cc2Cl)CC1. The largest absolute Gasteiger partial charge is 0.475 e. The zero-order valence-electron chi connectivity index (χ0n) is 10.4. The van der Waals surface area contributed by atoms with E-state index in [0.717, 1.165) is 12.8 Å². The maximum absolute atomic E-state index is 11.5. The van der Waals surface area contributed by atoms with Gasteiger partial charge in [-0.3, -0.25) is 4.79 Å². The van der Waals surface area contributed by atoms with Crippen LogP contribution in [0.5, 0.6) is 5.88 Å². The number of nitrogens with one attached hydrogen (secondary N) is 1. The van der Waals surface area contributed by atoms with E-state index in [2.05, 4.69) is 10.3 Å². The zero-order chi connectivity index (χ0) is 13.2. The standard InChI is InChI=1S/C11H13Cl2N3O2.2ClH/c12-7-5-8(13)9(16-6-7)18-4-3-15-10(17)11(14)1-2-11;;/h5-6H,1-4,14H2,(H,15,17);2*1H. The Labute approximate surface area is 139 Å². The van der Waals surface area contributed by atoms with Gasteiger partial charge in [0.05, 0.1) is 17.1 Å². The Morgan fingerprint density at radius 2 is 2.10 bits per heavy atom. The van der Waals surface area contributed by atoms with Crippen molar-refractivity contribution in [3.63, 3.8) is 0 Å². The molecule has 5 nitrogen and oxygen atoms in total. The van der Waals surface area contributed by atoms with Gasteiger partial charge in [-0.1, -0.05) is 23.2 Å². The Bertz CT molecular complexity index is 469. The maximum Gasteiger partial charge on any atom is 0.240 e. The number of carbonyl (C=O) groups is 1. The number of amides is 1. The normalized spacial score (nSPS) is 14.6. The van der Waals surface area contributed by atoms with Crippen LogP contribution in [-0.2, 0) is 4.79 Å². The Morgan fingerprint density at radius 3 is 2.65 bits per heavy atom. The van der Waals surface area contributed by atoms with Crippen molar-refractivity contribution in [3.8, 4) is 5.88 Å². The van der Waals surface area contributed by atoms with Gasteiger partial charge in [0.2, 0.25) is 11.8 Å². The minimum Gasteiger partial charge on any atom is -0.475 e. The molecule has 0 bridgehead atoms. The van der Waals surface area contributed by atoms with E-state index in [1.54, 1.807) is 6.07 Å². The van der Waals surface area contributed by atoms with Crippen LogP contribution >= 0.6 is 48.0 Å². The molecule has 1 aromatic heterocycles. The summed E-state index contributed by atoms with van der Waals surface area (Å²) in [5.41, 5.74) is 5.07. The van der Waals surface area contributed by atoms with E-state index in [0.29, 0.717) is 22.5 Å². The van der Waals surface area contributed by atoms with Gasteiger partial charge < -0.3 is 15.8 Å². The molecule has 0 unspecified atom stereocenters. The third kappa shape index (κ3) is 5.14. The quantitative estimate of drug-likeness (QED) is 0.787. The van der Waals surface area contributed by atoms with Crippen molar-refractivity contribution in [2.45, 2.75) is 18.4 Å². The lowest BCUT2D eigenvalue weighted by Gasteiger charge is -2.11. The highest BCUT2D eigenvalue weighted by molar-refractivity contribution is 6.35. The van der Waals surface area contributed by atoms with Crippen LogP contribution in [0.25, 0.3) is 0 Å². The highest BCUT2D eigenvalue weighted by atomic mass is 35.5. The summed E-state index contributed by atoms with van der Waals surface area (Å²) in [6.45, 7) is 0.634. The molecule has 114 valence electrons. The van der Waals surface area contributed by atoms with Gasteiger partial charge in [-0.15, -0.1) is 24.8 Å². The van der Waals surface area contributed by atoms with Crippen molar-refractivity contribution in [3.05, 3.63) is 22.3 Å². The first kappa shape index (κ1) is 19.5. The molecule has 1 aliphatic carbocycles. The molecule has 1 aliphatic rings. The number of hydrogen-bond donors (Lipinski definition) is 2. The molecule has 1 heterocycles. The Kier molecular flexibility index (Phi) is 7.91. The van der Waals surface area contributed by atoms with Crippen molar-refractivity contribution in [1.29, 1.82) is 0 Å². The number of aromatic nitrogens is 1. The molecule has 0 aliphatic heterocycles. The summed E-state index contributed by atoms with van der Waals surface area (Å²) in [5, 5.41) is 3.48. The minimum absolute atomic E-state index is 0. The minimum atomic E-state index is -0.657. The molecule has 3 N–H and O–H groups in total. The number of halogens is 4. The van der Waals surface area contributed by atoms with Gasteiger partial charge in [0.25, 0.3) is 0 Å². The molecule has 0 saturated heterocycles. The lowest BCUT2D eigenvalue weighted by molar-refractivity contribution is -0.123. The average molecular weight is 363 g/mol. The number of carbonyl (C=O) groups excluding carboxylic acids is 1. The molecule has 20 heavy (non-hydrogen) atoms. The van der Waals surface area contributed by atoms with Crippen LogP contribution in [0, 0.1) is 0 Å². The fraction of sp³-hybridized carbons (Fsp3) is 0.455. The van der Waals surface area contributed by atoms with Crippen LogP contribution in [0.1, 0.15) is 12.8 Å². The first-order chi connectivity index (χ1) is 8.51. The van der Waals surface area contributed by atoms with Gasteiger partial charge in [0, 0.05) is 6.20 Å². The van der Waals surface area contributed by atoms with Gasteiger partial charge in [-0.05, 0) is 18.9 Å². The lowest BCUT2D eigenvalue weighted by atomic mass is 10.3. The summed E-state index contributed by atoms with van der Waals surface area (Å²) < 4.78 is 5.32. The van der Waals surface area contributed by atoms with Gasteiger partial charge in [0.15, 0.2) is 0 Å². The van der Waals surface area contributed by atoms with Crippen molar-refractivity contribution in [1.82, 2.24) is 10.3 Å². The number of ether oxygens (including phenoxy) is 1. The van der Waals surface area contributed by atoms with Crippen LogP contribution in [0.2, 0.25) is 10.0 Å². The topological polar surface area (TPSA) is 77.2 Å². The van der Waals surface area contributed by atoms with Crippen molar-refractivity contribution in [2.24, 2.45) is 5.73 Å². The first-order valence-electron chi connectivity index (χ1n) is 5.52. The highest BCUT2D eigenvalue weighted by Crippen LogP contribution is 2.32. The predicted molar refractivity (Wildman–Crippen MR) is 83.4 cm³/mol. The summed E-state index contributed by atoms with van der Waals surface area (Å²) in [5.74, 6) is 0.158. The number of hydrogen-bond acceptors (Lipinski definition) is 4. The van der Waals surface area contributed by atoms with Gasteiger partial charge in [0.1, 0.15) is 11.6 Å². The second-order valence-electron chi connectivity index (χ2n) is 4.20. The van der Waals surface area contributed by atoms with E-state index in [9.17, 15) is 4.79 Å². The summed E-state index contributed by atoms with van der Waals surface area (Å²) in [6.07, 6.45) is 2.93. The molecule has 0 aromatic carbocycles.